The van der Waals surface area contributed by atoms with Gasteiger partial charge in [0.05, 0.1) is 0 Å². The summed E-state index contributed by atoms with van der Waals surface area (Å²) in [5.74, 6) is -0.128. The lowest BCUT2D eigenvalue weighted by molar-refractivity contribution is -0.130. The van der Waals surface area contributed by atoms with Crippen molar-refractivity contribution >= 4 is 11.9 Å². The highest BCUT2D eigenvalue weighted by Crippen LogP contribution is 2.10. The standard InChI is InChI=1S/C17H27N3O2/c1-11-7-12(2)9-15(8-11)10-13(3)18-17(22)19-14(4)16(21)20(5)6/h7-9,13-14H,10H2,1-6H3,(H2,18,19,22)/t13-,14-/m0/s1. The molecule has 0 aromatic heterocycles. The van der Waals surface area contributed by atoms with Gasteiger partial charge in [0, 0.05) is 20.1 Å². The molecule has 0 bridgehead atoms. The summed E-state index contributed by atoms with van der Waals surface area (Å²) in [5.41, 5.74) is 3.64. The summed E-state index contributed by atoms with van der Waals surface area (Å²) in [4.78, 5) is 25.1. The fourth-order valence-corrected chi connectivity index (χ4v) is 2.50. The number of carbonyl (C=O) groups is 2. The number of urea groups is 1. The maximum Gasteiger partial charge on any atom is 0.315 e. The van der Waals surface area contributed by atoms with Crippen molar-refractivity contribution in [3.05, 3.63) is 34.9 Å². The molecular weight excluding hydrogens is 278 g/mol. The van der Waals surface area contributed by atoms with Crippen LogP contribution in [0.2, 0.25) is 0 Å². The Labute approximate surface area is 133 Å². The minimum absolute atomic E-state index is 0.0112. The van der Waals surface area contributed by atoms with Crippen LogP contribution < -0.4 is 10.6 Å². The molecule has 0 aliphatic carbocycles. The molecular formula is C17H27N3O2. The number of nitrogens with zero attached hydrogens (tertiary/aromatic N) is 1. The summed E-state index contributed by atoms with van der Waals surface area (Å²) in [7, 11) is 3.34. The molecule has 0 saturated carbocycles. The Morgan fingerprint density at radius 3 is 2.09 bits per heavy atom. The van der Waals surface area contributed by atoms with Crippen LogP contribution in [0.3, 0.4) is 0 Å². The normalized spacial score (nSPS) is 13.2. The third kappa shape index (κ3) is 5.76. The quantitative estimate of drug-likeness (QED) is 0.874. The molecule has 1 rings (SSSR count). The second-order valence-electron chi connectivity index (χ2n) is 6.17. The van der Waals surface area contributed by atoms with Crippen LogP contribution >= 0.6 is 0 Å². The van der Waals surface area contributed by atoms with Gasteiger partial charge in [-0.1, -0.05) is 29.3 Å². The van der Waals surface area contributed by atoms with Crippen molar-refractivity contribution in [2.24, 2.45) is 0 Å². The van der Waals surface area contributed by atoms with Gasteiger partial charge in [-0.2, -0.15) is 0 Å². The molecule has 0 aliphatic heterocycles. The van der Waals surface area contributed by atoms with E-state index in [2.05, 4.69) is 42.7 Å². The predicted molar refractivity (Wildman–Crippen MR) is 88.9 cm³/mol. The van der Waals surface area contributed by atoms with Crippen LogP contribution in [-0.2, 0) is 11.2 Å². The topological polar surface area (TPSA) is 61.4 Å². The van der Waals surface area contributed by atoms with Crippen LogP contribution in [0.5, 0.6) is 0 Å². The van der Waals surface area contributed by atoms with Gasteiger partial charge in [0.25, 0.3) is 0 Å². The third-order valence-electron chi connectivity index (χ3n) is 3.36. The zero-order chi connectivity index (χ0) is 16.9. The molecule has 3 amide bonds. The molecule has 0 heterocycles. The lowest BCUT2D eigenvalue weighted by Crippen LogP contribution is -2.50. The molecule has 1 aromatic carbocycles. The van der Waals surface area contributed by atoms with Gasteiger partial charge in [-0.25, -0.2) is 4.79 Å². The van der Waals surface area contributed by atoms with Crippen LogP contribution in [0.15, 0.2) is 18.2 Å². The first-order chi connectivity index (χ1) is 10.2. The average molecular weight is 305 g/mol. The van der Waals surface area contributed by atoms with Gasteiger partial charge < -0.3 is 15.5 Å². The largest absolute Gasteiger partial charge is 0.347 e. The van der Waals surface area contributed by atoms with Crippen molar-refractivity contribution in [1.82, 2.24) is 15.5 Å². The molecule has 0 unspecified atom stereocenters. The van der Waals surface area contributed by atoms with Gasteiger partial charge >= 0.3 is 6.03 Å². The summed E-state index contributed by atoms with van der Waals surface area (Å²) in [6, 6.07) is 5.51. The van der Waals surface area contributed by atoms with Gasteiger partial charge in [-0.05, 0) is 39.7 Å². The van der Waals surface area contributed by atoms with E-state index in [0.29, 0.717) is 0 Å². The average Bonchev–Trinajstić information content (AvgIpc) is 2.35. The highest BCUT2D eigenvalue weighted by molar-refractivity contribution is 5.86. The maximum absolute atomic E-state index is 11.9. The fraction of sp³-hybridized carbons (Fsp3) is 0.529. The summed E-state index contributed by atoms with van der Waals surface area (Å²) in [5, 5.41) is 5.53. The Kier molecular flexibility index (Phi) is 6.40. The monoisotopic (exact) mass is 305 g/mol. The number of benzene rings is 1. The van der Waals surface area contributed by atoms with E-state index in [1.165, 1.54) is 21.6 Å². The smallest absolute Gasteiger partial charge is 0.315 e. The molecule has 0 radical (unpaired) electrons. The number of aryl methyl sites for hydroxylation is 2. The summed E-state index contributed by atoms with van der Waals surface area (Å²) in [6.07, 6.45) is 0.756. The van der Waals surface area contributed by atoms with Crippen molar-refractivity contribution in [3.8, 4) is 0 Å². The van der Waals surface area contributed by atoms with Crippen LogP contribution in [0.1, 0.15) is 30.5 Å². The van der Waals surface area contributed by atoms with Crippen molar-refractivity contribution in [2.45, 2.75) is 46.2 Å². The maximum atomic E-state index is 11.9. The van der Waals surface area contributed by atoms with E-state index in [1.807, 2.05) is 6.92 Å². The van der Waals surface area contributed by atoms with E-state index in [0.717, 1.165) is 6.42 Å². The van der Waals surface area contributed by atoms with E-state index in [1.54, 1.807) is 21.0 Å². The lowest BCUT2D eigenvalue weighted by atomic mass is 10.0. The Morgan fingerprint density at radius 2 is 1.59 bits per heavy atom. The van der Waals surface area contributed by atoms with Crippen LogP contribution in [0.25, 0.3) is 0 Å². The first-order valence-electron chi connectivity index (χ1n) is 7.54. The van der Waals surface area contributed by atoms with Crippen molar-refractivity contribution in [2.75, 3.05) is 14.1 Å². The number of carbonyl (C=O) groups excluding carboxylic acids is 2. The Hall–Kier alpha value is -2.04. The molecule has 22 heavy (non-hydrogen) atoms. The van der Waals surface area contributed by atoms with Crippen molar-refractivity contribution in [1.29, 1.82) is 0 Å². The van der Waals surface area contributed by atoms with Gasteiger partial charge in [0.15, 0.2) is 0 Å². The van der Waals surface area contributed by atoms with Crippen molar-refractivity contribution in [3.63, 3.8) is 0 Å². The molecule has 5 nitrogen and oxygen atoms in total. The van der Waals surface area contributed by atoms with Crippen LogP contribution in [0, 0.1) is 13.8 Å². The molecule has 0 fully saturated rings. The van der Waals surface area contributed by atoms with Gasteiger partial charge in [0.2, 0.25) is 5.91 Å². The third-order valence-corrected chi connectivity index (χ3v) is 3.36. The minimum atomic E-state index is -0.539. The predicted octanol–water partition coefficient (Wildman–Crippen LogP) is 2.01. The number of amides is 3. The number of rotatable bonds is 5. The molecule has 0 spiro atoms. The van der Waals surface area contributed by atoms with Crippen LogP contribution in [-0.4, -0.2) is 43.0 Å². The second-order valence-corrected chi connectivity index (χ2v) is 6.17. The molecule has 0 saturated heterocycles. The zero-order valence-corrected chi connectivity index (χ0v) is 14.4. The summed E-state index contributed by atoms with van der Waals surface area (Å²) in [6.45, 7) is 7.76. The van der Waals surface area contributed by atoms with E-state index in [-0.39, 0.29) is 18.0 Å². The number of hydrogen-bond donors (Lipinski definition) is 2. The SMILES string of the molecule is Cc1cc(C)cc(C[C@H](C)NC(=O)N[C@@H](C)C(=O)N(C)C)c1. The first kappa shape index (κ1) is 18.0. The summed E-state index contributed by atoms with van der Waals surface area (Å²) >= 11 is 0. The number of nitrogens with one attached hydrogen (secondary N) is 2. The van der Waals surface area contributed by atoms with Crippen molar-refractivity contribution < 1.29 is 9.59 Å². The second kappa shape index (κ2) is 7.82. The summed E-state index contributed by atoms with van der Waals surface area (Å²) < 4.78 is 0. The molecule has 2 N–H and O–H groups in total. The highest BCUT2D eigenvalue weighted by atomic mass is 16.2. The van der Waals surface area contributed by atoms with Gasteiger partial charge in [-0.3, -0.25) is 4.79 Å². The Morgan fingerprint density at radius 1 is 1.05 bits per heavy atom. The molecule has 1 aromatic rings. The minimum Gasteiger partial charge on any atom is -0.347 e. The molecule has 5 heteroatoms. The van der Waals surface area contributed by atoms with E-state index >= 15 is 0 Å². The first-order valence-corrected chi connectivity index (χ1v) is 7.54. The highest BCUT2D eigenvalue weighted by Gasteiger charge is 2.18. The van der Waals surface area contributed by atoms with E-state index in [4.69, 9.17) is 0 Å². The Bertz CT molecular complexity index is 520. The van der Waals surface area contributed by atoms with Gasteiger partial charge in [-0.15, -0.1) is 0 Å². The number of likely N-dealkylation sites (N-methyl/N-ethyl adjacent to an activating group) is 1. The molecule has 122 valence electrons. The molecule has 2 atom stereocenters. The van der Waals surface area contributed by atoms with E-state index < -0.39 is 6.04 Å². The zero-order valence-electron chi connectivity index (χ0n) is 14.4. The van der Waals surface area contributed by atoms with Gasteiger partial charge in [0.1, 0.15) is 6.04 Å². The molecule has 0 aliphatic rings. The van der Waals surface area contributed by atoms with Crippen LogP contribution in [0.4, 0.5) is 4.79 Å². The van der Waals surface area contributed by atoms with E-state index in [9.17, 15) is 9.59 Å². The lowest BCUT2D eigenvalue weighted by Gasteiger charge is -2.20. The fourth-order valence-electron chi connectivity index (χ4n) is 2.50. The number of hydrogen-bond acceptors (Lipinski definition) is 2. The Balaban J connectivity index is 2.52.